The lowest BCUT2D eigenvalue weighted by molar-refractivity contribution is -0.193. The maximum Gasteiger partial charge on any atom is 0.490 e. The minimum Gasteiger partial charge on any atom is -0.490 e. The van der Waals surface area contributed by atoms with Crippen molar-refractivity contribution in [2.24, 2.45) is 0 Å². The van der Waals surface area contributed by atoms with Crippen LogP contribution in [0.25, 0.3) is 0 Å². The van der Waals surface area contributed by atoms with E-state index >= 15 is 0 Å². The third-order valence-corrected chi connectivity index (χ3v) is 6.33. The molecule has 0 amide bonds. The molecule has 0 aromatic heterocycles. The number of nitrogens with zero attached hydrogens (tertiary/aromatic N) is 1. The Kier molecular flexibility index (Phi) is 15.7. The van der Waals surface area contributed by atoms with Crippen LogP contribution in [0.15, 0.2) is 42.5 Å². The van der Waals surface area contributed by atoms with Crippen LogP contribution in [0.5, 0.6) is 5.75 Å². The summed E-state index contributed by atoms with van der Waals surface area (Å²) >= 11 is 5.95. The monoisotopic (exact) mass is 692 g/mol. The molecule has 258 valence electrons. The molecule has 1 heterocycles. The summed E-state index contributed by atoms with van der Waals surface area (Å²) in [5.41, 5.74) is 0.420. The molecule has 3 rings (SSSR count). The molecule has 2 aromatic rings. The molecule has 0 radical (unpaired) electrons. The van der Waals surface area contributed by atoms with Crippen molar-refractivity contribution >= 4 is 29.5 Å². The van der Waals surface area contributed by atoms with Crippen LogP contribution in [0.1, 0.15) is 30.9 Å². The van der Waals surface area contributed by atoms with Crippen molar-refractivity contribution in [1.82, 2.24) is 10.2 Å². The summed E-state index contributed by atoms with van der Waals surface area (Å²) in [4.78, 5) is 31.2. The van der Waals surface area contributed by atoms with Crippen LogP contribution in [-0.2, 0) is 27.3 Å². The second-order valence-electron chi connectivity index (χ2n) is 10.3. The van der Waals surface area contributed by atoms with Crippen molar-refractivity contribution in [3.05, 3.63) is 64.4 Å². The molecule has 1 aliphatic rings. The topological polar surface area (TPSA) is 157 Å². The molecule has 18 heteroatoms. The van der Waals surface area contributed by atoms with Gasteiger partial charge in [0, 0.05) is 35.8 Å². The fourth-order valence-electron chi connectivity index (χ4n) is 3.76. The number of ether oxygens (including phenoxy) is 1. The molecule has 10 nitrogen and oxygen atoms in total. The number of nitrogens with one attached hydrogen (secondary N) is 1. The molecule has 0 aliphatic carbocycles. The average molecular weight is 693 g/mol. The van der Waals surface area contributed by atoms with E-state index in [-0.39, 0.29) is 18.8 Å². The molecule has 0 unspecified atom stereocenters. The van der Waals surface area contributed by atoms with Gasteiger partial charge in [-0.3, -0.25) is 9.69 Å². The summed E-state index contributed by atoms with van der Waals surface area (Å²) in [7, 11) is 0. The molecule has 0 bridgehead atoms. The van der Waals surface area contributed by atoms with Gasteiger partial charge in [-0.1, -0.05) is 29.8 Å². The Balaban J connectivity index is 0.000000629. The number of benzene rings is 2. The van der Waals surface area contributed by atoms with Crippen molar-refractivity contribution in [2.75, 3.05) is 26.2 Å². The third kappa shape index (κ3) is 16.6. The van der Waals surface area contributed by atoms with E-state index in [0.717, 1.165) is 43.6 Å². The standard InChI is InChI=1S/C24H30ClFN2O4.2C2HF3O2/c1-24(31,16-32-22-13-20(26)7-4-18(22)12-23(29)30)15-27-21-8-10-28(11-9-21)14-17-2-5-19(25)6-3-17;2*3-2(4,5)1(6)7/h2-7,13,21,27,31H,8-12,14-16H2,1H3,(H,29,30);2*(H,6,7)/t24-;;/m0../s1. The summed E-state index contributed by atoms with van der Waals surface area (Å²) in [6.45, 7) is 4.69. The van der Waals surface area contributed by atoms with Crippen LogP contribution >= 0.6 is 11.6 Å². The van der Waals surface area contributed by atoms with E-state index in [1.165, 1.54) is 17.7 Å². The molecule has 1 atom stereocenters. The maximum absolute atomic E-state index is 13.6. The SMILES string of the molecule is C[C@](O)(CNC1CCN(Cc2ccc(Cl)cc2)CC1)COc1cc(F)ccc1CC(=O)O.O=C(O)C(F)(F)F.O=C(O)C(F)(F)F. The van der Waals surface area contributed by atoms with Crippen molar-refractivity contribution in [3.8, 4) is 5.75 Å². The van der Waals surface area contributed by atoms with Crippen LogP contribution < -0.4 is 10.1 Å². The molecule has 1 aliphatic heterocycles. The van der Waals surface area contributed by atoms with Gasteiger partial charge in [-0.05, 0) is 56.6 Å². The first-order valence-corrected chi connectivity index (χ1v) is 13.6. The first kappa shape index (κ1) is 40.4. The number of rotatable bonds is 10. The Bertz CT molecular complexity index is 1260. The fourth-order valence-corrected chi connectivity index (χ4v) is 3.89. The summed E-state index contributed by atoms with van der Waals surface area (Å²) in [5.74, 6) is -6.92. The van der Waals surface area contributed by atoms with Gasteiger partial charge in [0.2, 0.25) is 0 Å². The molecule has 1 saturated heterocycles. The molecule has 0 spiro atoms. The first-order valence-electron chi connectivity index (χ1n) is 13.2. The van der Waals surface area contributed by atoms with Crippen LogP contribution in [0.3, 0.4) is 0 Å². The second-order valence-corrected chi connectivity index (χ2v) is 10.7. The number of piperidine rings is 1. The Morgan fingerprint density at radius 1 is 0.935 bits per heavy atom. The highest BCUT2D eigenvalue weighted by Gasteiger charge is 2.39. The van der Waals surface area contributed by atoms with Crippen LogP contribution in [-0.4, -0.2) is 93.5 Å². The van der Waals surface area contributed by atoms with Gasteiger partial charge < -0.3 is 30.5 Å². The quantitative estimate of drug-likeness (QED) is 0.220. The minimum absolute atomic E-state index is 0.0779. The highest BCUT2D eigenvalue weighted by Crippen LogP contribution is 2.23. The normalized spacial score (nSPS) is 15.3. The smallest absolute Gasteiger partial charge is 0.490 e. The van der Waals surface area contributed by atoms with Crippen LogP contribution in [0, 0.1) is 5.82 Å². The van der Waals surface area contributed by atoms with Gasteiger partial charge in [-0.2, -0.15) is 26.3 Å². The number of halogens is 8. The van der Waals surface area contributed by atoms with Crippen molar-refractivity contribution < 1.29 is 70.3 Å². The number of carboxylic acids is 3. The van der Waals surface area contributed by atoms with Gasteiger partial charge >= 0.3 is 30.3 Å². The molecule has 5 N–H and O–H groups in total. The van der Waals surface area contributed by atoms with Crippen molar-refractivity contribution in [3.63, 3.8) is 0 Å². The Morgan fingerprint density at radius 2 is 1.43 bits per heavy atom. The number of alkyl halides is 6. The molecular weight excluding hydrogens is 661 g/mol. The first-order chi connectivity index (χ1) is 21.1. The van der Waals surface area contributed by atoms with Gasteiger partial charge in [0.25, 0.3) is 0 Å². The Hall–Kier alpha value is -3.67. The molecule has 0 saturated carbocycles. The number of hydrogen-bond donors (Lipinski definition) is 5. The van der Waals surface area contributed by atoms with Gasteiger partial charge in [-0.25, -0.2) is 14.0 Å². The molecule has 1 fully saturated rings. The number of carboxylic acid groups (broad SMARTS) is 3. The van der Waals surface area contributed by atoms with Gasteiger partial charge in [-0.15, -0.1) is 0 Å². The van der Waals surface area contributed by atoms with E-state index in [0.29, 0.717) is 18.2 Å². The Morgan fingerprint density at radius 3 is 1.89 bits per heavy atom. The number of carbonyl (C=O) groups is 3. The van der Waals surface area contributed by atoms with E-state index in [4.69, 9.17) is 41.2 Å². The minimum atomic E-state index is -5.08. The average Bonchev–Trinajstić information content (AvgIpc) is 2.93. The zero-order valence-electron chi connectivity index (χ0n) is 24.2. The fraction of sp³-hybridized carbons (Fsp3) is 0.464. The van der Waals surface area contributed by atoms with Gasteiger partial charge in [0.1, 0.15) is 23.8 Å². The Labute approximate surface area is 263 Å². The molecular formula is C28H32ClF7N2O8. The number of aliphatic hydroxyl groups is 1. The summed E-state index contributed by atoms with van der Waals surface area (Å²) in [6, 6.07) is 11.9. The predicted molar refractivity (Wildman–Crippen MR) is 149 cm³/mol. The molecule has 46 heavy (non-hydrogen) atoms. The number of hydrogen-bond acceptors (Lipinski definition) is 7. The van der Waals surface area contributed by atoms with Gasteiger partial charge in [0.15, 0.2) is 0 Å². The maximum atomic E-state index is 13.6. The van der Waals surface area contributed by atoms with Crippen LogP contribution in [0.4, 0.5) is 30.7 Å². The van der Waals surface area contributed by atoms with E-state index in [1.54, 1.807) is 6.92 Å². The van der Waals surface area contributed by atoms with E-state index < -0.39 is 41.7 Å². The summed E-state index contributed by atoms with van der Waals surface area (Å²) in [5, 5.41) is 38.1. The lowest BCUT2D eigenvalue weighted by Crippen LogP contribution is -2.49. The van der Waals surface area contributed by atoms with Crippen molar-refractivity contribution in [1.29, 1.82) is 0 Å². The lowest BCUT2D eigenvalue weighted by Gasteiger charge is -2.34. The lowest BCUT2D eigenvalue weighted by atomic mass is 10.0. The largest absolute Gasteiger partial charge is 0.490 e. The predicted octanol–water partition coefficient (Wildman–Crippen LogP) is 4.76. The third-order valence-electron chi connectivity index (χ3n) is 6.07. The zero-order valence-corrected chi connectivity index (χ0v) is 24.9. The van der Waals surface area contributed by atoms with Crippen LogP contribution in [0.2, 0.25) is 5.02 Å². The number of aliphatic carboxylic acids is 3. The highest BCUT2D eigenvalue weighted by molar-refractivity contribution is 6.30. The summed E-state index contributed by atoms with van der Waals surface area (Å²) in [6.07, 6.45) is -8.50. The number of likely N-dealkylation sites (tertiary alicyclic amines) is 1. The van der Waals surface area contributed by atoms with Crippen molar-refractivity contribution in [2.45, 2.75) is 56.7 Å². The van der Waals surface area contributed by atoms with Gasteiger partial charge in [0.05, 0.1) is 6.42 Å². The second kappa shape index (κ2) is 17.9. The van der Waals surface area contributed by atoms with E-state index in [2.05, 4.69) is 10.2 Å². The highest BCUT2D eigenvalue weighted by atomic mass is 35.5. The van der Waals surface area contributed by atoms with E-state index in [1.807, 2.05) is 24.3 Å². The molecule has 2 aromatic carbocycles. The van der Waals surface area contributed by atoms with E-state index in [9.17, 15) is 40.6 Å². The zero-order chi connectivity index (χ0) is 35.3. The summed E-state index contributed by atoms with van der Waals surface area (Å²) < 4.78 is 82.6.